The van der Waals surface area contributed by atoms with E-state index >= 15 is 0 Å². The normalized spacial score (nSPS) is 22.8. The second-order valence-electron chi connectivity index (χ2n) is 9.93. The standard InChI is InChI=1S/C25H39N5O3/c1-16-13-29(14-17(2)33-16)15-20-9-11-30(12-10-20)22(31)8-7-21-18(3)23-24(26-19(21)4)28(5)27-25(23)32-6/h16-17,20H,7-15H2,1-6H3. The minimum absolute atomic E-state index is 0.249. The highest BCUT2D eigenvalue weighted by Crippen LogP contribution is 2.30. The zero-order valence-corrected chi connectivity index (χ0v) is 21.1. The summed E-state index contributed by atoms with van der Waals surface area (Å²) in [5, 5.41) is 5.37. The van der Waals surface area contributed by atoms with Crippen molar-refractivity contribution in [3.63, 3.8) is 0 Å². The highest BCUT2D eigenvalue weighted by atomic mass is 16.5. The Morgan fingerprint density at radius 1 is 1.15 bits per heavy atom. The monoisotopic (exact) mass is 457 g/mol. The van der Waals surface area contributed by atoms with E-state index in [0.717, 1.165) is 73.4 Å². The molecule has 2 unspecified atom stereocenters. The average molecular weight is 458 g/mol. The van der Waals surface area contributed by atoms with Crippen molar-refractivity contribution in [3.8, 4) is 5.88 Å². The Labute approximate surface area is 197 Å². The number of rotatable bonds is 6. The number of piperidine rings is 1. The van der Waals surface area contributed by atoms with Crippen LogP contribution < -0.4 is 4.74 Å². The molecule has 1 amide bonds. The summed E-state index contributed by atoms with van der Waals surface area (Å²) in [6.07, 6.45) is 4.00. The van der Waals surface area contributed by atoms with Gasteiger partial charge < -0.3 is 14.4 Å². The Morgan fingerprint density at radius 2 is 1.82 bits per heavy atom. The number of methoxy groups -OCH3 is 1. The van der Waals surface area contributed by atoms with Crippen LogP contribution in [0.4, 0.5) is 0 Å². The number of hydrogen-bond acceptors (Lipinski definition) is 6. The predicted octanol–water partition coefficient (Wildman–Crippen LogP) is 2.87. The number of carbonyl (C=O) groups excluding carboxylic acids is 1. The number of amides is 1. The minimum atomic E-state index is 0.249. The van der Waals surface area contributed by atoms with Crippen molar-refractivity contribution >= 4 is 16.9 Å². The number of fused-ring (bicyclic) bond motifs is 1. The summed E-state index contributed by atoms with van der Waals surface area (Å²) in [7, 11) is 3.51. The number of pyridine rings is 1. The van der Waals surface area contributed by atoms with Gasteiger partial charge in [0.2, 0.25) is 11.8 Å². The van der Waals surface area contributed by atoms with Gasteiger partial charge in [-0.3, -0.25) is 9.69 Å². The number of carbonyl (C=O) groups is 1. The Hall–Kier alpha value is -2.19. The van der Waals surface area contributed by atoms with Crippen molar-refractivity contribution in [1.82, 2.24) is 24.6 Å². The number of likely N-dealkylation sites (tertiary alicyclic amines) is 1. The minimum Gasteiger partial charge on any atom is -0.479 e. The molecular formula is C25H39N5O3. The van der Waals surface area contributed by atoms with Crippen molar-refractivity contribution in [3.05, 3.63) is 16.8 Å². The van der Waals surface area contributed by atoms with E-state index in [1.165, 1.54) is 0 Å². The van der Waals surface area contributed by atoms with Gasteiger partial charge in [-0.25, -0.2) is 9.67 Å². The van der Waals surface area contributed by atoms with Gasteiger partial charge in [0.05, 0.1) is 24.7 Å². The van der Waals surface area contributed by atoms with Crippen LogP contribution in [0.1, 0.15) is 49.9 Å². The molecule has 2 aliphatic rings. The van der Waals surface area contributed by atoms with Gasteiger partial charge in [0.25, 0.3) is 0 Å². The third-order valence-corrected chi connectivity index (χ3v) is 7.28. The number of nitrogens with zero attached hydrogens (tertiary/aromatic N) is 5. The Bertz CT molecular complexity index is 986. The summed E-state index contributed by atoms with van der Waals surface area (Å²) < 4.78 is 13.1. The first kappa shape index (κ1) is 24.0. The molecule has 0 aromatic carbocycles. The molecule has 4 heterocycles. The Morgan fingerprint density at radius 3 is 2.45 bits per heavy atom. The van der Waals surface area contributed by atoms with E-state index in [1.807, 2.05) is 14.0 Å². The molecule has 4 rings (SSSR count). The fourth-order valence-electron chi connectivity index (χ4n) is 5.66. The van der Waals surface area contributed by atoms with Crippen LogP contribution in [0.15, 0.2) is 0 Å². The van der Waals surface area contributed by atoms with Crippen molar-refractivity contribution in [2.75, 3.05) is 39.8 Å². The molecule has 182 valence electrons. The first-order chi connectivity index (χ1) is 15.8. The van der Waals surface area contributed by atoms with Crippen molar-refractivity contribution < 1.29 is 14.3 Å². The topological polar surface area (TPSA) is 72.7 Å². The van der Waals surface area contributed by atoms with Gasteiger partial charge in [-0.1, -0.05) is 0 Å². The SMILES string of the molecule is COc1nn(C)c2nc(C)c(CCC(=O)N3CCC(CN4CC(C)OC(C)C4)CC3)c(C)c12. The van der Waals surface area contributed by atoms with Crippen LogP contribution in [-0.4, -0.2) is 82.5 Å². The molecule has 8 heteroatoms. The molecule has 0 saturated carbocycles. The molecule has 2 aromatic rings. The molecule has 2 aliphatic heterocycles. The van der Waals surface area contributed by atoms with Gasteiger partial charge in [0.15, 0.2) is 5.65 Å². The number of morpholine rings is 1. The lowest BCUT2D eigenvalue weighted by Gasteiger charge is -2.39. The summed E-state index contributed by atoms with van der Waals surface area (Å²) in [6, 6.07) is 0. The average Bonchev–Trinajstić information content (AvgIpc) is 3.08. The molecule has 2 atom stereocenters. The van der Waals surface area contributed by atoms with E-state index in [0.29, 0.717) is 36.8 Å². The van der Waals surface area contributed by atoms with Crippen LogP contribution in [0.3, 0.4) is 0 Å². The van der Waals surface area contributed by atoms with Crippen LogP contribution in [0.25, 0.3) is 11.0 Å². The van der Waals surface area contributed by atoms with Gasteiger partial charge in [0.1, 0.15) is 0 Å². The fourth-order valence-corrected chi connectivity index (χ4v) is 5.66. The van der Waals surface area contributed by atoms with E-state index in [9.17, 15) is 4.79 Å². The van der Waals surface area contributed by atoms with E-state index in [4.69, 9.17) is 14.5 Å². The molecule has 0 spiro atoms. The van der Waals surface area contributed by atoms with Crippen molar-refractivity contribution in [1.29, 1.82) is 0 Å². The third-order valence-electron chi connectivity index (χ3n) is 7.28. The van der Waals surface area contributed by atoms with E-state index in [2.05, 4.69) is 35.7 Å². The zero-order chi connectivity index (χ0) is 23.7. The van der Waals surface area contributed by atoms with Crippen molar-refractivity contribution in [2.45, 2.75) is 65.6 Å². The molecule has 2 saturated heterocycles. The maximum atomic E-state index is 13.0. The van der Waals surface area contributed by atoms with Gasteiger partial charge >= 0.3 is 0 Å². The van der Waals surface area contributed by atoms with E-state index in [-0.39, 0.29) is 5.91 Å². The lowest BCUT2D eigenvalue weighted by atomic mass is 9.95. The van der Waals surface area contributed by atoms with Gasteiger partial charge in [-0.2, -0.15) is 0 Å². The zero-order valence-electron chi connectivity index (χ0n) is 21.1. The van der Waals surface area contributed by atoms with E-state index < -0.39 is 0 Å². The molecule has 2 fully saturated rings. The molecule has 2 aromatic heterocycles. The summed E-state index contributed by atoms with van der Waals surface area (Å²) >= 11 is 0. The van der Waals surface area contributed by atoms with Gasteiger partial charge in [-0.05, 0) is 64.0 Å². The highest BCUT2D eigenvalue weighted by molar-refractivity contribution is 5.86. The Kier molecular flexibility index (Phi) is 7.24. The maximum Gasteiger partial charge on any atom is 0.242 e. The predicted molar refractivity (Wildman–Crippen MR) is 129 cm³/mol. The first-order valence-corrected chi connectivity index (χ1v) is 12.3. The molecule has 0 N–H and O–H groups in total. The number of aromatic nitrogens is 3. The van der Waals surface area contributed by atoms with Gasteiger partial charge in [0, 0.05) is 51.9 Å². The summed E-state index contributed by atoms with van der Waals surface area (Å²) in [6.45, 7) is 13.3. The summed E-state index contributed by atoms with van der Waals surface area (Å²) in [4.78, 5) is 22.4. The van der Waals surface area contributed by atoms with Crippen LogP contribution >= 0.6 is 0 Å². The number of ether oxygens (including phenoxy) is 2. The fraction of sp³-hybridized carbons (Fsp3) is 0.720. The van der Waals surface area contributed by atoms with Crippen molar-refractivity contribution in [2.24, 2.45) is 13.0 Å². The third kappa shape index (κ3) is 5.17. The molecule has 0 radical (unpaired) electrons. The lowest BCUT2D eigenvalue weighted by Crippen LogP contribution is -2.48. The number of hydrogen-bond donors (Lipinski definition) is 0. The lowest BCUT2D eigenvalue weighted by molar-refractivity contribution is -0.132. The van der Waals surface area contributed by atoms with Crippen LogP contribution in [-0.2, 0) is 23.0 Å². The molecule has 0 aliphatic carbocycles. The molecular weight excluding hydrogens is 418 g/mol. The first-order valence-electron chi connectivity index (χ1n) is 12.3. The number of aryl methyl sites for hydroxylation is 3. The quantitative estimate of drug-likeness (QED) is 0.664. The molecule has 8 nitrogen and oxygen atoms in total. The second kappa shape index (κ2) is 9.97. The van der Waals surface area contributed by atoms with Crippen LogP contribution in [0, 0.1) is 19.8 Å². The second-order valence-corrected chi connectivity index (χ2v) is 9.93. The van der Waals surface area contributed by atoms with Crippen LogP contribution in [0.5, 0.6) is 5.88 Å². The maximum absolute atomic E-state index is 13.0. The largest absolute Gasteiger partial charge is 0.479 e. The molecule has 0 bridgehead atoms. The Balaban J connectivity index is 1.32. The van der Waals surface area contributed by atoms with E-state index in [1.54, 1.807) is 11.8 Å². The highest BCUT2D eigenvalue weighted by Gasteiger charge is 2.28. The van der Waals surface area contributed by atoms with Crippen LogP contribution in [0.2, 0.25) is 0 Å². The summed E-state index contributed by atoms with van der Waals surface area (Å²) in [5.41, 5.74) is 4.03. The van der Waals surface area contributed by atoms with Gasteiger partial charge in [-0.15, -0.1) is 5.10 Å². The smallest absolute Gasteiger partial charge is 0.242 e. The molecule has 33 heavy (non-hydrogen) atoms. The summed E-state index contributed by atoms with van der Waals surface area (Å²) in [5.74, 6) is 1.51.